The zero-order valence-electron chi connectivity index (χ0n) is 52.4. The number of nitrogens with zero attached hydrogens (tertiary/aromatic N) is 14. The third kappa shape index (κ3) is 15.5. The minimum Gasteiger partial charge on any atom is -0.394 e. The maximum Gasteiger partial charge on any atom is 0.472 e. The van der Waals surface area contributed by atoms with Crippen molar-refractivity contribution in [2.45, 2.75) is 131 Å². The quantitative estimate of drug-likeness (QED) is 0.0261. The second-order valence-corrected chi connectivity index (χ2v) is 29.0. The van der Waals surface area contributed by atoms with Gasteiger partial charge in [0.15, 0.2) is 34.1 Å². The minimum atomic E-state index is -5.48. The van der Waals surface area contributed by atoms with Gasteiger partial charge in [0, 0.05) is 57.1 Å². The molecule has 546 valence electrons. The van der Waals surface area contributed by atoms with Crippen LogP contribution in [0.4, 0.5) is 23.4 Å². The zero-order valence-corrected chi connectivity index (χ0v) is 56.0. The van der Waals surface area contributed by atoms with Crippen LogP contribution in [-0.4, -0.2) is 209 Å². The Bertz CT molecular complexity index is 4860. The summed E-state index contributed by atoms with van der Waals surface area (Å²) in [5.41, 5.74) is 15.0. The van der Waals surface area contributed by atoms with Crippen molar-refractivity contribution in [2.75, 3.05) is 62.6 Å². The number of phosphoric ester groups is 4. The lowest BCUT2D eigenvalue weighted by molar-refractivity contribution is -0.0635. The molecule has 4 unspecified atom stereocenters. The number of aromatic nitrogens is 16. The minimum absolute atomic E-state index is 0.0130. The molecule has 101 heavy (non-hydrogen) atoms. The molecular formula is C50H64N20O27P4. The third-order valence-corrected chi connectivity index (χ3v) is 20.8. The molecule has 47 nitrogen and oxygen atoms in total. The van der Waals surface area contributed by atoms with Gasteiger partial charge in [-0.1, -0.05) is 0 Å². The van der Waals surface area contributed by atoms with E-state index in [-0.39, 0.29) is 82.3 Å². The monoisotopic (exact) mass is 1500 g/mol. The van der Waals surface area contributed by atoms with Crippen LogP contribution < -0.4 is 45.0 Å². The summed E-state index contributed by atoms with van der Waals surface area (Å²) in [7, 11) is -19.8. The van der Waals surface area contributed by atoms with Gasteiger partial charge in [0.1, 0.15) is 116 Å². The van der Waals surface area contributed by atoms with Crippen molar-refractivity contribution < 1.29 is 108 Å². The highest BCUT2D eigenvalue weighted by molar-refractivity contribution is 7.48. The van der Waals surface area contributed by atoms with Crippen LogP contribution in [-0.2, 0) is 78.1 Å². The number of anilines is 4. The molecule has 5 fully saturated rings. The van der Waals surface area contributed by atoms with Crippen molar-refractivity contribution in [3.63, 3.8) is 0 Å². The number of rotatable bonds is 27. The summed E-state index contributed by atoms with van der Waals surface area (Å²) in [6, 6.07) is 1.30. The van der Waals surface area contributed by atoms with Gasteiger partial charge in [-0.25, -0.2) is 62.7 Å². The third-order valence-electron chi connectivity index (χ3n) is 16.8. The SMILES string of the molecule is CNc1ncnc2c1ncn2[C@H]1C[C@H](OP(=O)(O)OC[C@H]2O[C@@H](n3cnc4c(N)ncnc43)C[C@@H]2OP(=O)(O)OC[C@H]2O[C@@H](n3cc(C)c(=O)[nH]c3=O)C[C@@H]2O)[C@@H](COP(=O)(O)O[C@H]2C[C@H](n3cnc4c(=O)[nH]c(N)nc43)O[C@@H]2COP(=O)(O)O[C@H]2C[C@H](n3ccc(N)nc3=O)O[C@@H]2CO)O1. The molecule has 0 spiro atoms. The number of nitrogens with two attached hydrogens (primary N) is 3. The lowest BCUT2D eigenvalue weighted by atomic mass is 10.2. The van der Waals surface area contributed by atoms with Crippen LogP contribution in [0, 0.1) is 6.92 Å². The molecule has 15 N–H and O–H groups in total. The van der Waals surface area contributed by atoms with E-state index in [4.69, 9.17) is 77.1 Å². The average Bonchev–Trinajstić information content (AvgIpc) is 1.64. The van der Waals surface area contributed by atoms with Crippen molar-refractivity contribution in [3.8, 4) is 0 Å². The van der Waals surface area contributed by atoms with Crippen LogP contribution in [0.1, 0.15) is 68.8 Å². The Hall–Kier alpha value is -7.63. The van der Waals surface area contributed by atoms with Gasteiger partial charge in [0.25, 0.3) is 11.1 Å². The first-order chi connectivity index (χ1) is 48.0. The molecule has 5 aliphatic rings. The molecule has 13 rings (SSSR count). The fourth-order valence-electron chi connectivity index (χ4n) is 12.0. The first-order valence-corrected chi connectivity index (χ1v) is 36.4. The molecule has 0 aliphatic carbocycles. The molecular weight excluding hydrogens is 1440 g/mol. The Balaban J connectivity index is 0.714. The topological polar surface area (TPSA) is 640 Å². The first-order valence-electron chi connectivity index (χ1n) is 30.4. The van der Waals surface area contributed by atoms with Crippen molar-refractivity contribution in [3.05, 3.63) is 97.3 Å². The number of H-pyrrole nitrogens is 2. The predicted octanol–water partition coefficient (Wildman–Crippen LogP) is -1.50. The molecule has 0 radical (unpaired) electrons. The molecule has 0 bridgehead atoms. The summed E-state index contributed by atoms with van der Waals surface area (Å²) >= 11 is 0. The van der Waals surface area contributed by atoms with Crippen LogP contribution in [0.15, 0.2) is 69.3 Å². The van der Waals surface area contributed by atoms with Gasteiger partial charge in [0.05, 0.1) is 58.1 Å². The molecule has 51 heteroatoms. The van der Waals surface area contributed by atoms with Crippen molar-refractivity contribution >= 4 is 88.2 Å². The Morgan fingerprint density at radius 3 is 1.51 bits per heavy atom. The van der Waals surface area contributed by atoms with E-state index >= 15 is 0 Å². The van der Waals surface area contributed by atoms with Crippen LogP contribution in [0.2, 0.25) is 0 Å². The van der Waals surface area contributed by atoms with E-state index in [0.717, 1.165) is 21.8 Å². The largest absolute Gasteiger partial charge is 0.472 e. The number of nitrogen functional groups attached to an aromatic ring is 3. The number of nitrogens with one attached hydrogen (secondary N) is 3. The molecule has 8 aromatic heterocycles. The van der Waals surface area contributed by atoms with E-state index in [2.05, 4.69) is 60.1 Å². The summed E-state index contributed by atoms with van der Waals surface area (Å²) in [6.45, 7) is -2.97. The van der Waals surface area contributed by atoms with Crippen molar-refractivity contribution in [1.29, 1.82) is 0 Å². The lowest BCUT2D eigenvalue weighted by Gasteiger charge is -2.25. The van der Waals surface area contributed by atoms with Gasteiger partial charge in [-0.05, 0) is 13.0 Å². The molecule has 0 saturated carbocycles. The molecule has 5 aliphatic heterocycles. The number of aromatic amines is 2. The smallest absolute Gasteiger partial charge is 0.394 e. The molecule has 5 saturated heterocycles. The number of aryl methyl sites for hydroxylation is 1. The molecule has 0 aromatic carbocycles. The normalized spacial score (nSPS) is 29.4. The number of aliphatic hydroxyl groups excluding tert-OH is 2. The van der Waals surface area contributed by atoms with Gasteiger partial charge in [0.2, 0.25) is 5.95 Å². The highest BCUT2D eigenvalue weighted by Crippen LogP contribution is 2.55. The second kappa shape index (κ2) is 28.5. The first kappa shape index (κ1) is 71.8. The number of imidazole rings is 3. The number of ether oxygens (including phenoxy) is 5. The second-order valence-electron chi connectivity index (χ2n) is 23.4. The van der Waals surface area contributed by atoms with Gasteiger partial charge >= 0.3 is 42.7 Å². The number of phosphoric acid groups is 4. The summed E-state index contributed by atoms with van der Waals surface area (Å²) in [6.07, 6.45) is -13.9. The highest BCUT2D eigenvalue weighted by atomic mass is 31.2. The molecule has 0 amide bonds. The van der Waals surface area contributed by atoms with Gasteiger partial charge in [-0.2, -0.15) is 9.97 Å². The van der Waals surface area contributed by atoms with Crippen molar-refractivity contribution in [1.82, 2.24) is 77.7 Å². The highest BCUT2D eigenvalue weighted by Gasteiger charge is 2.50. The van der Waals surface area contributed by atoms with Crippen LogP contribution in [0.3, 0.4) is 0 Å². The maximum atomic E-state index is 14.4. The number of fused-ring (bicyclic) bond motifs is 3. The number of hydrogen-bond donors (Lipinski definition) is 12. The van der Waals surface area contributed by atoms with Crippen molar-refractivity contribution in [2.24, 2.45) is 0 Å². The van der Waals surface area contributed by atoms with Gasteiger partial charge < -0.3 is 76.0 Å². The Morgan fingerprint density at radius 2 is 0.990 bits per heavy atom. The fourth-order valence-corrected chi connectivity index (χ4v) is 15.8. The lowest BCUT2D eigenvalue weighted by Crippen LogP contribution is -2.33. The van der Waals surface area contributed by atoms with Crippen LogP contribution >= 0.6 is 31.3 Å². The zero-order chi connectivity index (χ0) is 71.6. The summed E-state index contributed by atoms with van der Waals surface area (Å²) in [5.74, 6) is -0.137. The summed E-state index contributed by atoms with van der Waals surface area (Å²) in [5, 5.41) is 23.9. The number of hydrogen-bond acceptors (Lipinski definition) is 36. The van der Waals surface area contributed by atoms with Gasteiger partial charge in [-0.15, -0.1) is 0 Å². The summed E-state index contributed by atoms with van der Waals surface area (Å²) in [4.78, 5) is 137. The predicted molar refractivity (Wildman–Crippen MR) is 334 cm³/mol. The molecule has 8 aromatic rings. The van der Waals surface area contributed by atoms with E-state index in [1.807, 2.05) is 0 Å². The van der Waals surface area contributed by atoms with E-state index < -0.39 is 185 Å². The van der Waals surface area contributed by atoms with E-state index in [1.54, 1.807) is 7.05 Å². The van der Waals surface area contributed by atoms with Gasteiger partial charge in [-0.3, -0.25) is 78.6 Å². The Morgan fingerprint density at radius 1 is 0.545 bits per heavy atom. The molecule has 19 atom stereocenters. The maximum absolute atomic E-state index is 14.4. The van der Waals surface area contributed by atoms with Crippen LogP contribution in [0.25, 0.3) is 33.5 Å². The fraction of sp³-hybridized carbons (Fsp3) is 0.540. The number of aliphatic hydroxyl groups is 2. The standard InChI is InChI=1S/C50H64N20O27P4/c1-21-10-67(50(76)65-46(21)73)33-5-22(72)28(90-33)12-85-98(77,78)95-24-7-35(68-18-59-38-41(52)55-16-57-43(38)68)91-29(24)13-87-100(81,82)96-25-8-36(69-19-60-39-42(54-2)56-17-58-44(39)69)92-30(25)14-88-101(83,84)97-26-9-37(70-20-61-40-45(70)63-48(53)64-47(40)74)93-31(26)15-86-99(79,80)94-23-6-34(89-27(23)11-71)66-4-3-32(51)62-49(66)75/h3-4,10,16-20,22-31,33-37,71-72H,5-9,11-15H2,1-2H3,(H,77,78)(H,79,80)(H,81,82)(H,83,84)(H2,51,62,75)(H2,52,55,57)(H,54,56,58)(H,65,73,76)(H3,53,63,64,74)/t22-,23-,24-,25-,26-,27+,28+,29+,30+,31+,33+,34+,35+,36+,37+/m0/s1. The Kier molecular flexibility index (Phi) is 20.3. The van der Waals surface area contributed by atoms with Crippen LogP contribution in [0.5, 0.6) is 0 Å². The van der Waals surface area contributed by atoms with E-state index in [0.29, 0.717) is 5.82 Å². The Labute approximate surface area is 563 Å². The average molecular weight is 1500 g/mol. The summed E-state index contributed by atoms with van der Waals surface area (Å²) < 4.78 is 137. The van der Waals surface area contributed by atoms with E-state index in [1.165, 1.54) is 58.1 Å². The molecule has 13 heterocycles. The van der Waals surface area contributed by atoms with E-state index in [9.17, 15) is 67.2 Å².